The Morgan fingerprint density at radius 3 is 2.12 bits per heavy atom. The van der Waals surface area contributed by atoms with Crippen LogP contribution in [0.3, 0.4) is 0 Å². The molecule has 1 N–H and O–H groups in total. The third-order valence-corrected chi connectivity index (χ3v) is 3.33. The molecule has 0 aromatic carbocycles. The summed E-state index contributed by atoms with van der Waals surface area (Å²) >= 11 is 0. The molecule has 0 unspecified atom stereocenters. The zero-order valence-corrected chi connectivity index (χ0v) is 5.57. The normalized spacial score (nSPS) is 59.2. The number of hydrogen-bond acceptors (Lipinski definition) is 1. The van der Waals surface area contributed by atoms with Crippen LogP contribution in [-0.2, 0) is 0 Å². The topological polar surface area (TPSA) is 12.0 Å². The van der Waals surface area contributed by atoms with E-state index in [1.807, 2.05) is 0 Å². The van der Waals surface area contributed by atoms with Gasteiger partial charge in [0.15, 0.2) is 0 Å². The highest BCUT2D eigenvalue weighted by molar-refractivity contribution is 5.17. The first kappa shape index (κ1) is 4.80. The molecule has 0 radical (unpaired) electrons. The Hall–Kier alpha value is -0.0400. The molecule has 0 spiro atoms. The minimum Gasteiger partial charge on any atom is -0.314 e. The van der Waals surface area contributed by atoms with Gasteiger partial charge in [-0.1, -0.05) is 6.92 Å². The minimum atomic E-state index is 0.616. The predicted octanol–water partition coefficient (Wildman–Crippen LogP) is 1.00. The maximum Gasteiger partial charge on any atom is 0.0212 e. The molecule has 1 atom stereocenters. The molecule has 0 aliphatic heterocycles. The quantitative estimate of drug-likeness (QED) is 0.532. The van der Waals surface area contributed by atoms with Crippen LogP contribution in [0, 0.1) is 11.8 Å². The lowest BCUT2D eigenvalue weighted by atomic mass is 9.43. The average Bonchev–Trinajstić information content (AvgIpc) is 1.64. The zero-order chi connectivity index (χ0) is 5.78. The second kappa shape index (κ2) is 1.10. The molecule has 0 saturated heterocycles. The van der Waals surface area contributed by atoms with E-state index in [2.05, 4.69) is 19.3 Å². The van der Waals surface area contributed by atoms with Crippen LogP contribution in [0.5, 0.6) is 0 Å². The van der Waals surface area contributed by atoms with Crippen molar-refractivity contribution in [2.75, 3.05) is 7.05 Å². The lowest BCUT2D eigenvalue weighted by molar-refractivity contribution is -0.121. The maximum atomic E-state index is 3.39. The summed E-state index contributed by atoms with van der Waals surface area (Å²) in [4.78, 5) is 0. The third-order valence-electron chi connectivity index (χ3n) is 3.33. The standard InChI is InChI=1S/C7H13N/c1-5-6-3-7(5,4-6)8-2/h5-6,8H,3-4H2,1-2H3/t5-,6?,7?/m0/s1. The highest BCUT2D eigenvalue weighted by atomic mass is 15.0. The molecule has 1 heteroatoms. The number of rotatable bonds is 1. The molecule has 0 amide bonds. The van der Waals surface area contributed by atoms with E-state index in [0.717, 1.165) is 11.8 Å². The molecule has 3 saturated carbocycles. The van der Waals surface area contributed by atoms with Crippen LogP contribution in [-0.4, -0.2) is 12.6 Å². The van der Waals surface area contributed by atoms with Gasteiger partial charge in [-0.05, 0) is 31.7 Å². The Bertz CT molecular complexity index is 108. The smallest absolute Gasteiger partial charge is 0.0212 e. The van der Waals surface area contributed by atoms with E-state index in [-0.39, 0.29) is 0 Å². The van der Waals surface area contributed by atoms with Crippen LogP contribution >= 0.6 is 0 Å². The fourth-order valence-electron chi connectivity index (χ4n) is 2.16. The first-order valence-corrected chi connectivity index (χ1v) is 3.47. The Morgan fingerprint density at radius 2 is 2.12 bits per heavy atom. The maximum absolute atomic E-state index is 3.39. The predicted molar refractivity (Wildman–Crippen MR) is 33.7 cm³/mol. The van der Waals surface area contributed by atoms with Crippen LogP contribution < -0.4 is 5.32 Å². The van der Waals surface area contributed by atoms with Crippen molar-refractivity contribution in [3.63, 3.8) is 0 Å². The highest BCUT2D eigenvalue weighted by Crippen LogP contribution is 2.61. The average molecular weight is 111 g/mol. The van der Waals surface area contributed by atoms with Crippen molar-refractivity contribution in [2.24, 2.45) is 11.8 Å². The van der Waals surface area contributed by atoms with Gasteiger partial charge in [-0.3, -0.25) is 0 Å². The Balaban J connectivity index is 2.08. The SMILES string of the molecule is CNC12CC(C1)[C@@H]2C. The van der Waals surface area contributed by atoms with E-state index < -0.39 is 0 Å². The number of nitrogens with one attached hydrogen (secondary N) is 1. The van der Waals surface area contributed by atoms with Crippen molar-refractivity contribution >= 4 is 0 Å². The van der Waals surface area contributed by atoms with Crippen LogP contribution in [0.25, 0.3) is 0 Å². The molecule has 46 valence electrons. The van der Waals surface area contributed by atoms with Crippen molar-refractivity contribution in [1.29, 1.82) is 0 Å². The monoisotopic (exact) mass is 111 g/mol. The van der Waals surface area contributed by atoms with Crippen LogP contribution in [0.15, 0.2) is 0 Å². The molecular weight excluding hydrogens is 98.1 g/mol. The molecule has 2 bridgehead atoms. The minimum absolute atomic E-state index is 0.616. The van der Waals surface area contributed by atoms with Crippen molar-refractivity contribution in [1.82, 2.24) is 5.32 Å². The summed E-state index contributed by atoms with van der Waals surface area (Å²) in [7, 11) is 2.09. The van der Waals surface area contributed by atoms with Gasteiger partial charge in [0.1, 0.15) is 0 Å². The van der Waals surface area contributed by atoms with Crippen molar-refractivity contribution in [3.05, 3.63) is 0 Å². The summed E-state index contributed by atoms with van der Waals surface area (Å²) in [5.74, 6) is 2.06. The van der Waals surface area contributed by atoms with E-state index in [1.165, 1.54) is 12.8 Å². The van der Waals surface area contributed by atoms with Gasteiger partial charge < -0.3 is 5.32 Å². The van der Waals surface area contributed by atoms with E-state index in [9.17, 15) is 0 Å². The van der Waals surface area contributed by atoms with Crippen molar-refractivity contribution < 1.29 is 0 Å². The largest absolute Gasteiger partial charge is 0.314 e. The van der Waals surface area contributed by atoms with Gasteiger partial charge in [0.25, 0.3) is 0 Å². The molecule has 3 fully saturated rings. The van der Waals surface area contributed by atoms with Gasteiger partial charge in [-0.2, -0.15) is 0 Å². The van der Waals surface area contributed by atoms with Gasteiger partial charge in [0.2, 0.25) is 0 Å². The first-order valence-electron chi connectivity index (χ1n) is 3.47. The van der Waals surface area contributed by atoms with Crippen LogP contribution in [0.2, 0.25) is 0 Å². The van der Waals surface area contributed by atoms with Crippen LogP contribution in [0.4, 0.5) is 0 Å². The fourth-order valence-corrected chi connectivity index (χ4v) is 2.16. The molecule has 0 aromatic rings. The van der Waals surface area contributed by atoms with Gasteiger partial charge in [-0.25, -0.2) is 0 Å². The second-order valence-electron chi connectivity index (χ2n) is 3.36. The third kappa shape index (κ3) is 0.278. The lowest BCUT2D eigenvalue weighted by Crippen LogP contribution is -2.72. The molecule has 3 rings (SSSR count). The molecule has 0 heterocycles. The molecule has 0 aromatic heterocycles. The van der Waals surface area contributed by atoms with E-state index in [0.29, 0.717) is 5.54 Å². The van der Waals surface area contributed by atoms with E-state index in [4.69, 9.17) is 0 Å². The van der Waals surface area contributed by atoms with Crippen molar-refractivity contribution in [2.45, 2.75) is 25.3 Å². The van der Waals surface area contributed by atoms with Gasteiger partial charge in [0.05, 0.1) is 0 Å². The Labute approximate surface area is 50.5 Å². The molecule has 3 aliphatic rings. The zero-order valence-electron chi connectivity index (χ0n) is 5.57. The summed E-state index contributed by atoms with van der Waals surface area (Å²) in [6, 6.07) is 0. The first-order chi connectivity index (χ1) is 3.78. The van der Waals surface area contributed by atoms with Crippen molar-refractivity contribution in [3.8, 4) is 0 Å². The Morgan fingerprint density at radius 1 is 1.50 bits per heavy atom. The Kier molecular flexibility index (Phi) is 0.663. The van der Waals surface area contributed by atoms with Gasteiger partial charge in [0, 0.05) is 5.54 Å². The van der Waals surface area contributed by atoms with E-state index in [1.54, 1.807) is 0 Å². The van der Waals surface area contributed by atoms with E-state index >= 15 is 0 Å². The summed E-state index contributed by atoms with van der Waals surface area (Å²) < 4.78 is 0. The van der Waals surface area contributed by atoms with Crippen LogP contribution in [0.1, 0.15) is 19.8 Å². The highest BCUT2D eigenvalue weighted by Gasteiger charge is 2.61. The van der Waals surface area contributed by atoms with Gasteiger partial charge in [-0.15, -0.1) is 0 Å². The van der Waals surface area contributed by atoms with Gasteiger partial charge >= 0.3 is 0 Å². The fraction of sp³-hybridized carbons (Fsp3) is 1.00. The summed E-state index contributed by atoms with van der Waals surface area (Å²) in [6.07, 6.45) is 2.90. The molecule has 3 aliphatic carbocycles. The summed E-state index contributed by atoms with van der Waals surface area (Å²) in [5.41, 5.74) is 0.616. The second-order valence-corrected chi connectivity index (χ2v) is 3.36. The molecule has 1 nitrogen and oxygen atoms in total. The summed E-state index contributed by atoms with van der Waals surface area (Å²) in [6.45, 7) is 2.36. The summed E-state index contributed by atoms with van der Waals surface area (Å²) in [5, 5.41) is 3.39. The molecular formula is C7H13N. The lowest BCUT2D eigenvalue weighted by Gasteiger charge is -2.67. The molecule has 8 heavy (non-hydrogen) atoms. The number of hydrogen-bond donors (Lipinski definition) is 1.